The minimum Gasteiger partial charge on any atom is -0.481 e. The SMILES string of the molecule is COc1ccc(CN2CCN(c3ncnc(C)c3C)CC2)cn1. The molecule has 1 saturated heterocycles. The van der Waals surface area contributed by atoms with Crippen LogP contribution in [0, 0.1) is 13.8 Å². The zero-order valence-electron chi connectivity index (χ0n) is 14.0. The van der Waals surface area contributed by atoms with Crippen molar-refractivity contribution in [3.63, 3.8) is 0 Å². The molecule has 0 amide bonds. The summed E-state index contributed by atoms with van der Waals surface area (Å²) in [6.07, 6.45) is 3.55. The van der Waals surface area contributed by atoms with Gasteiger partial charge in [0.15, 0.2) is 0 Å². The van der Waals surface area contributed by atoms with Crippen LogP contribution < -0.4 is 9.64 Å². The summed E-state index contributed by atoms with van der Waals surface area (Å²) in [5.74, 6) is 1.73. The minimum absolute atomic E-state index is 0.660. The molecule has 0 unspecified atom stereocenters. The van der Waals surface area contributed by atoms with Crippen molar-refractivity contribution in [2.75, 3.05) is 38.2 Å². The normalized spacial score (nSPS) is 15.7. The molecule has 1 aliphatic rings. The number of aryl methyl sites for hydroxylation is 1. The van der Waals surface area contributed by atoms with Crippen LogP contribution in [0.2, 0.25) is 0 Å². The molecule has 0 atom stereocenters. The van der Waals surface area contributed by atoms with Gasteiger partial charge < -0.3 is 9.64 Å². The molecule has 0 spiro atoms. The second-order valence-corrected chi connectivity index (χ2v) is 5.88. The van der Waals surface area contributed by atoms with Gasteiger partial charge in [-0.3, -0.25) is 4.90 Å². The molecule has 6 heteroatoms. The maximum absolute atomic E-state index is 5.10. The summed E-state index contributed by atoms with van der Waals surface area (Å²) in [6.45, 7) is 9.07. The smallest absolute Gasteiger partial charge is 0.212 e. The van der Waals surface area contributed by atoms with E-state index in [-0.39, 0.29) is 0 Å². The van der Waals surface area contributed by atoms with E-state index in [2.05, 4.69) is 37.7 Å². The first-order valence-corrected chi connectivity index (χ1v) is 7.92. The number of rotatable bonds is 4. The van der Waals surface area contributed by atoms with Gasteiger partial charge in [-0.15, -0.1) is 0 Å². The van der Waals surface area contributed by atoms with Crippen molar-refractivity contribution in [1.29, 1.82) is 0 Å². The number of pyridine rings is 1. The van der Waals surface area contributed by atoms with E-state index in [1.165, 1.54) is 11.1 Å². The van der Waals surface area contributed by atoms with Crippen LogP contribution >= 0.6 is 0 Å². The van der Waals surface area contributed by atoms with Crippen molar-refractivity contribution >= 4 is 5.82 Å². The lowest BCUT2D eigenvalue weighted by molar-refractivity contribution is 0.248. The summed E-state index contributed by atoms with van der Waals surface area (Å²) in [4.78, 5) is 17.8. The van der Waals surface area contributed by atoms with Crippen molar-refractivity contribution in [1.82, 2.24) is 19.9 Å². The molecule has 2 aromatic heterocycles. The monoisotopic (exact) mass is 313 g/mol. The molecular formula is C17H23N5O. The molecule has 1 aliphatic heterocycles. The predicted octanol–water partition coefficient (Wildman–Crippen LogP) is 1.82. The van der Waals surface area contributed by atoms with Gasteiger partial charge in [-0.1, -0.05) is 6.07 Å². The van der Waals surface area contributed by atoms with E-state index in [0.717, 1.165) is 44.2 Å². The van der Waals surface area contributed by atoms with E-state index in [4.69, 9.17) is 4.74 Å². The highest BCUT2D eigenvalue weighted by Gasteiger charge is 2.20. The van der Waals surface area contributed by atoms with Gasteiger partial charge >= 0.3 is 0 Å². The van der Waals surface area contributed by atoms with E-state index < -0.39 is 0 Å². The molecule has 0 aliphatic carbocycles. The third-order valence-corrected chi connectivity index (χ3v) is 4.39. The fourth-order valence-corrected chi connectivity index (χ4v) is 2.85. The molecule has 0 saturated carbocycles. The Morgan fingerprint density at radius 3 is 2.48 bits per heavy atom. The Morgan fingerprint density at radius 1 is 1.04 bits per heavy atom. The Balaban J connectivity index is 1.58. The van der Waals surface area contributed by atoms with Gasteiger partial charge in [0.2, 0.25) is 5.88 Å². The summed E-state index contributed by atoms with van der Waals surface area (Å²) >= 11 is 0. The molecule has 6 nitrogen and oxygen atoms in total. The number of ether oxygens (including phenoxy) is 1. The quantitative estimate of drug-likeness (QED) is 0.858. The number of aromatic nitrogens is 3. The molecule has 0 bridgehead atoms. The van der Waals surface area contributed by atoms with Gasteiger partial charge in [-0.2, -0.15) is 0 Å². The molecule has 1 fully saturated rings. The highest BCUT2D eigenvalue weighted by Crippen LogP contribution is 2.20. The van der Waals surface area contributed by atoms with Gasteiger partial charge in [-0.25, -0.2) is 15.0 Å². The third-order valence-electron chi connectivity index (χ3n) is 4.39. The summed E-state index contributed by atoms with van der Waals surface area (Å²) in [5, 5.41) is 0. The standard InChI is InChI=1S/C17H23N5O/c1-13-14(2)19-12-20-17(13)22-8-6-21(7-9-22)11-15-4-5-16(23-3)18-10-15/h4-5,10,12H,6-9,11H2,1-3H3. The van der Waals surface area contributed by atoms with Crippen LogP contribution in [0.3, 0.4) is 0 Å². The number of hydrogen-bond acceptors (Lipinski definition) is 6. The lowest BCUT2D eigenvalue weighted by atomic mass is 10.2. The zero-order valence-corrected chi connectivity index (χ0v) is 14.0. The second-order valence-electron chi connectivity index (χ2n) is 5.88. The van der Waals surface area contributed by atoms with Crippen LogP contribution in [0.25, 0.3) is 0 Å². The molecule has 3 heterocycles. The number of nitrogens with zero attached hydrogens (tertiary/aromatic N) is 5. The molecule has 2 aromatic rings. The first-order chi connectivity index (χ1) is 11.2. The average Bonchev–Trinajstić information content (AvgIpc) is 2.59. The summed E-state index contributed by atoms with van der Waals surface area (Å²) < 4.78 is 5.10. The fraction of sp³-hybridized carbons (Fsp3) is 0.471. The number of piperazine rings is 1. The molecule has 23 heavy (non-hydrogen) atoms. The van der Waals surface area contributed by atoms with E-state index in [9.17, 15) is 0 Å². The van der Waals surface area contributed by atoms with E-state index >= 15 is 0 Å². The Labute approximate surface area is 137 Å². The zero-order chi connectivity index (χ0) is 16.2. The first-order valence-electron chi connectivity index (χ1n) is 7.92. The van der Waals surface area contributed by atoms with E-state index in [1.807, 2.05) is 19.2 Å². The van der Waals surface area contributed by atoms with Crippen molar-refractivity contribution in [3.05, 3.63) is 41.5 Å². The molecule has 122 valence electrons. The van der Waals surface area contributed by atoms with Crippen molar-refractivity contribution in [2.45, 2.75) is 20.4 Å². The van der Waals surface area contributed by atoms with Gasteiger partial charge in [-0.05, 0) is 19.4 Å². The summed E-state index contributed by atoms with van der Waals surface area (Å²) in [6, 6.07) is 3.99. The van der Waals surface area contributed by atoms with Crippen molar-refractivity contribution < 1.29 is 4.74 Å². The lowest BCUT2D eigenvalue weighted by Gasteiger charge is -2.36. The van der Waals surface area contributed by atoms with E-state index in [0.29, 0.717) is 5.88 Å². The van der Waals surface area contributed by atoms with E-state index in [1.54, 1.807) is 13.4 Å². The van der Waals surface area contributed by atoms with Gasteiger partial charge in [0.1, 0.15) is 12.1 Å². The fourth-order valence-electron chi connectivity index (χ4n) is 2.85. The largest absolute Gasteiger partial charge is 0.481 e. The maximum atomic E-state index is 5.10. The first kappa shape index (κ1) is 15.7. The highest BCUT2D eigenvalue weighted by molar-refractivity contribution is 5.47. The van der Waals surface area contributed by atoms with Crippen LogP contribution in [0.15, 0.2) is 24.7 Å². The Bertz CT molecular complexity index is 651. The highest BCUT2D eigenvalue weighted by atomic mass is 16.5. The number of hydrogen-bond donors (Lipinski definition) is 0. The summed E-state index contributed by atoms with van der Waals surface area (Å²) in [5.41, 5.74) is 3.45. The average molecular weight is 313 g/mol. The Kier molecular flexibility index (Phi) is 4.71. The topological polar surface area (TPSA) is 54.4 Å². The maximum Gasteiger partial charge on any atom is 0.212 e. The van der Waals surface area contributed by atoms with Gasteiger partial charge in [0.05, 0.1) is 7.11 Å². The van der Waals surface area contributed by atoms with Crippen LogP contribution in [-0.4, -0.2) is 53.1 Å². The minimum atomic E-state index is 0.660. The molecule has 0 N–H and O–H groups in total. The van der Waals surface area contributed by atoms with Crippen LogP contribution in [0.1, 0.15) is 16.8 Å². The van der Waals surface area contributed by atoms with Gasteiger partial charge in [0.25, 0.3) is 0 Å². The number of methoxy groups -OCH3 is 1. The third kappa shape index (κ3) is 3.59. The van der Waals surface area contributed by atoms with Crippen LogP contribution in [-0.2, 0) is 6.54 Å². The van der Waals surface area contributed by atoms with Crippen molar-refractivity contribution in [3.8, 4) is 5.88 Å². The Hall–Kier alpha value is -2.21. The number of anilines is 1. The van der Waals surface area contributed by atoms with Gasteiger partial charge in [0, 0.05) is 56.2 Å². The van der Waals surface area contributed by atoms with Crippen molar-refractivity contribution in [2.24, 2.45) is 0 Å². The molecule has 3 rings (SSSR count). The molecule has 0 radical (unpaired) electrons. The predicted molar refractivity (Wildman–Crippen MR) is 89.8 cm³/mol. The Morgan fingerprint density at radius 2 is 1.83 bits per heavy atom. The molecule has 0 aromatic carbocycles. The second kappa shape index (κ2) is 6.91. The van der Waals surface area contributed by atoms with Crippen LogP contribution in [0.4, 0.5) is 5.82 Å². The lowest BCUT2D eigenvalue weighted by Crippen LogP contribution is -2.46. The van der Waals surface area contributed by atoms with Crippen LogP contribution in [0.5, 0.6) is 5.88 Å². The molecular weight excluding hydrogens is 290 g/mol. The summed E-state index contributed by atoms with van der Waals surface area (Å²) in [7, 11) is 1.64.